The molecule has 0 bridgehead atoms. The fraction of sp³-hybridized carbons (Fsp3) is 0.389. The van der Waals surface area contributed by atoms with Gasteiger partial charge in [0.25, 0.3) is 0 Å². The van der Waals surface area contributed by atoms with Crippen LogP contribution in [0.3, 0.4) is 0 Å². The number of aliphatic hydroxyl groups excluding tert-OH is 2. The second kappa shape index (κ2) is 6.99. The number of anilines is 1. The van der Waals surface area contributed by atoms with Gasteiger partial charge in [-0.2, -0.15) is 0 Å². The van der Waals surface area contributed by atoms with Gasteiger partial charge in [0, 0.05) is 5.92 Å². The number of nitrogens with zero attached hydrogens (tertiary/aromatic N) is 4. The Morgan fingerprint density at radius 1 is 1.15 bits per heavy atom. The minimum atomic E-state index is -0.788. The predicted octanol–water partition coefficient (Wildman–Crippen LogP) is 0.908. The predicted molar refractivity (Wildman–Crippen MR) is 95.0 cm³/mol. The zero-order valence-corrected chi connectivity index (χ0v) is 14.1. The fourth-order valence-electron chi connectivity index (χ4n) is 3.59. The van der Waals surface area contributed by atoms with E-state index in [-0.39, 0.29) is 18.3 Å². The summed E-state index contributed by atoms with van der Waals surface area (Å²) < 4.78 is 7.59. The molecule has 136 valence electrons. The van der Waals surface area contributed by atoms with Gasteiger partial charge in [-0.25, -0.2) is 15.0 Å². The Hall–Kier alpha value is -2.55. The molecule has 0 saturated carbocycles. The lowest BCUT2D eigenvalue weighted by Gasteiger charge is -2.19. The van der Waals surface area contributed by atoms with Crippen LogP contribution in [0.25, 0.3) is 11.2 Å². The van der Waals surface area contributed by atoms with Crippen LogP contribution in [0, 0.1) is 5.92 Å². The first-order chi connectivity index (χ1) is 12.7. The summed E-state index contributed by atoms with van der Waals surface area (Å²) in [7, 11) is 0. The number of hydrogen-bond donors (Lipinski definition) is 3. The summed E-state index contributed by atoms with van der Waals surface area (Å²) in [4.78, 5) is 12.4. The van der Waals surface area contributed by atoms with Gasteiger partial charge in [0.2, 0.25) is 0 Å². The first-order valence-electron chi connectivity index (χ1n) is 8.60. The quantitative estimate of drug-likeness (QED) is 0.622. The molecule has 4 N–H and O–H groups in total. The molecule has 1 saturated heterocycles. The van der Waals surface area contributed by atoms with Crippen molar-refractivity contribution in [3.05, 3.63) is 48.5 Å². The molecule has 26 heavy (non-hydrogen) atoms. The van der Waals surface area contributed by atoms with Crippen LogP contribution in [-0.2, 0) is 11.2 Å². The summed E-state index contributed by atoms with van der Waals surface area (Å²) in [6.45, 7) is -0.156. The van der Waals surface area contributed by atoms with Crippen molar-refractivity contribution in [2.24, 2.45) is 5.92 Å². The highest BCUT2D eigenvalue weighted by atomic mass is 16.5. The molecule has 1 aliphatic rings. The number of rotatable bonds is 5. The third-order valence-electron chi connectivity index (χ3n) is 4.97. The summed E-state index contributed by atoms with van der Waals surface area (Å²) in [5.74, 6) is 0.0856. The van der Waals surface area contributed by atoms with E-state index in [1.54, 1.807) is 4.57 Å². The summed E-state index contributed by atoms with van der Waals surface area (Å²) in [5, 5.41) is 20.6. The smallest absolute Gasteiger partial charge is 0.167 e. The molecule has 0 radical (unpaired) electrons. The number of nitrogen functional groups attached to an aromatic ring is 1. The molecule has 3 heterocycles. The third-order valence-corrected chi connectivity index (χ3v) is 4.97. The Kier molecular flexibility index (Phi) is 4.54. The van der Waals surface area contributed by atoms with E-state index >= 15 is 0 Å². The molecule has 8 nitrogen and oxygen atoms in total. The second-order valence-corrected chi connectivity index (χ2v) is 6.51. The van der Waals surface area contributed by atoms with E-state index in [9.17, 15) is 10.2 Å². The van der Waals surface area contributed by atoms with Gasteiger partial charge in [0.05, 0.1) is 19.0 Å². The Morgan fingerprint density at radius 3 is 2.73 bits per heavy atom. The molecular formula is C18H21N5O3. The van der Waals surface area contributed by atoms with Crippen LogP contribution in [-0.4, -0.2) is 48.5 Å². The number of hydrogen-bond acceptors (Lipinski definition) is 7. The Morgan fingerprint density at radius 2 is 1.96 bits per heavy atom. The lowest BCUT2D eigenvalue weighted by atomic mass is 9.91. The van der Waals surface area contributed by atoms with Crippen LogP contribution in [0.2, 0.25) is 0 Å². The average molecular weight is 355 g/mol. The largest absolute Gasteiger partial charge is 0.394 e. The molecule has 0 aliphatic carbocycles. The van der Waals surface area contributed by atoms with Gasteiger partial charge in [-0.05, 0) is 18.4 Å². The highest BCUT2D eigenvalue weighted by Gasteiger charge is 2.44. The second-order valence-electron chi connectivity index (χ2n) is 6.51. The van der Waals surface area contributed by atoms with Crippen LogP contribution >= 0.6 is 0 Å². The summed E-state index contributed by atoms with van der Waals surface area (Å²) in [6.07, 6.45) is 2.49. The number of benzene rings is 1. The zero-order valence-electron chi connectivity index (χ0n) is 14.1. The van der Waals surface area contributed by atoms with Crippen molar-refractivity contribution in [3.63, 3.8) is 0 Å². The van der Waals surface area contributed by atoms with E-state index < -0.39 is 18.4 Å². The summed E-state index contributed by atoms with van der Waals surface area (Å²) in [5.41, 5.74) is 7.98. The maximum atomic E-state index is 10.9. The van der Waals surface area contributed by atoms with E-state index in [2.05, 4.69) is 27.1 Å². The Labute approximate surface area is 150 Å². The molecule has 1 aliphatic heterocycles. The lowest BCUT2D eigenvalue weighted by Crippen LogP contribution is -2.28. The maximum Gasteiger partial charge on any atom is 0.167 e. The minimum Gasteiger partial charge on any atom is -0.394 e. The molecule has 4 rings (SSSR count). The van der Waals surface area contributed by atoms with E-state index in [1.165, 1.54) is 18.2 Å². The molecule has 1 fully saturated rings. The van der Waals surface area contributed by atoms with Crippen LogP contribution in [0.1, 0.15) is 18.2 Å². The van der Waals surface area contributed by atoms with Crippen molar-refractivity contribution in [2.45, 2.75) is 31.3 Å². The molecule has 0 amide bonds. The highest BCUT2D eigenvalue weighted by Crippen LogP contribution is 2.37. The zero-order chi connectivity index (χ0) is 18.1. The number of nitrogens with two attached hydrogens (primary N) is 1. The first kappa shape index (κ1) is 16.9. The van der Waals surface area contributed by atoms with Gasteiger partial charge in [-0.1, -0.05) is 30.3 Å². The summed E-state index contributed by atoms with van der Waals surface area (Å²) in [6, 6.07) is 10.1. The topological polar surface area (TPSA) is 119 Å². The lowest BCUT2D eigenvalue weighted by molar-refractivity contribution is -0.0493. The van der Waals surface area contributed by atoms with Crippen LogP contribution in [0.4, 0.5) is 5.82 Å². The van der Waals surface area contributed by atoms with E-state index in [1.807, 2.05) is 18.2 Å². The van der Waals surface area contributed by atoms with Crippen molar-refractivity contribution in [1.82, 2.24) is 19.5 Å². The molecule has 0 spiro atoms. The number of aryl methyl sites for hydroxylation is 1. The van der Waals surface area contributed by atoms with Gasteiger partial charge >= 0.3 is 0 Å². The molecule has 1 unspecified atom stereocenters. The van der Waals surface area contributed by atoms with Crippen molar-refractivity contribution in [3.8, 4) is 0 Å². The SMILES string of the molecule is Nc1ncnc2c1ncn2[C@@H]1O[C@H](CO)[C@H](CCc2ccccc2)C1O. The first-order valence-corrected chi connectivity index (χ1v) is 8.60. The van der Waals surface area contributed by atoms with E-state index in [0.29, 0.717) is 17.6 Å². The summed E-state index contributed by atoms with van der Waals surface area (Å²) >= 11 is 0. The molecule has 3 aromatic rings. The van der Waals surface area contributed by atoms with Crippen LogP contribution in [0.15, 0.2) is 43.0 Å². The number of fused-ring (bicyclic) bond motifs is 1. The highest BCUT2D eigenvalue weighted by molar-refractivity contribution is 5.81. The number of aromatic nitrogens is 4. The fourth-order valence-corrected chi connectivity index (χ4v) is 3.59. The monoisotopic (exact) mass is 355 g/mol. The molecular weight excluding hydrogens is 334 g/mol. The van der Waals surface area contributed by atoms with E-state index in [4.69, 9.17) is 10.5 Å². The molecule has 8 heteroatoms. The average Bonchev–Trinajstić information content (AvgIpc) is 3.22. The van der Waals surface area contributed by atoms with Gasteiger partial charge in [-0.3, -0.25) is 4.57 Å². The minimum absolute atomic E-state index is 0.156. The molecule has 2 aromatic heterocycles. The van der Waals surface area contributed by atoms with Gasteiger partial charge in [0.15, 0.2) is 17.7 Å². The standard InChI is InChI=1S/C18H21N5O3/c19-16-14-17(21-9-20-16)23(10-22-14)18-15(25)12(13(8-24)26-18)7-6-11-4-2-1-3-5-11/h1-5,9-10,12-13,15,18,24-25H,6-8H2,(H2,19,20,21)/t12-,13+,15?,18+/m0/s1. The normalized spacial score (nSPS) is 25.8. The van der Waals surface area contributed by atoms with Gasteiger partial charge in [-0.15, -0.1) is 0 Å². The van der Waals surface area contributed by atoms with Gasteiger partial charge in [0.1, 0.15) is 17.9 Å². The number of ether oxygens (including phenoxy) is 1. The van der Waals surface area contributed by atoms with Crippen molar-refractivity contribution in [1.29, 1.82) is 0 Å². The number of aliphatic hydroxyl groups is 2. The third kappa shape index (κ3) is 2.92. The maximum absolute atomic E-state index is 10.9. The Bertz CT molecular complexity index is 885. The molecule has 4 atom stereocenters. The molecule has 1 aromatic carbocycles. The van der Waals surface area contributed by atoms with E-state index in [0.717, 1.165) is 6.42 Å². The van der Waals surface area contributed by atoms with Crippen LogP contribution < -0.4 is 5.73 Å². The van der Waals surface area contributed by atoms with Crippen molar-refractivity contribution < 1.29 is 14.9 Å². The van der Waals surface area contributed by atoms with Crippen LogP contribution in [0.5, 0.6) is 0 Å². The van der Waals surface area contributed by atoms with Gasteiger partial charge < -0.3 is 20.7 Å². The van der Waals surface area contributed by atoms with Crippen molar-refractivity contribution >= 4 is 17.0 Å². The Balaban J connectivity index is 1.57. The number of imidazole rings is 1. The van der Waals surface area contributed by atoms with Crippen molar-refractivity contribution in [2.75, 3.05) is 12.3 Å².